The van der Waals surface area contributed by atoms with Crippen LogP contribution in [-0.2, 0) is 4.79 Å². The molecule has 2 rings (SSSR count). The van der Waals surface area contributed by atoms with E-state index in [2.05, 4.69) is 0 Å². The Labute approximate surface area is 112 Å². The van der Waals surface area contributed by atoms with E-state index < -0.39 is 0 Å². The van der Waals surface area contributed by atoms with Crippen molar-refractivity contribution in [1.82, 2.24) is 4.90 Å². The van der Waals surface area contributed by atoms with Crippen molar-refractivity contribution in [2.45, 2.75) is 49.8 Å². The molecule has 0 spiro atoms. The van der Waals surface area contributed by atoms with E-state index in [0.29, 0.717) is 4.99 Å². The summed E-state index contributed by atoms with van der Waals surface area (Å²) in [5.74, 6) is 1.38. The molecule has 17 heavy (non-hydrogen) atoms. The van der Waals surface area contributed by atoms with Gasteiger partial charge in [0.25, 0.3) is 0 Å². The molecule has 5 heteroatoms. The molecule has 0 aromatic carbocycles. The molecule has 1 amide bonds. The van der Waals surface area contributed by atoms with Gasteiger partial charge in [-0.1, -0.05) is 18.6 Å². The van der Waals surface area contributed by atoms with Crippen molar-refractivity contribution in [2.24, 2.45) is 5.73 Å². The molecule has 0 aliphatic carbocycles. The molecular formula is C12H20N2OS2. The third-order valence-electron chi connectivity index (χ3n) is 3.57. The standard InChI is InChI=1S/C12H20N2OS2/c13-11(16)9-5-1-3-7-14(9)12(15)10-6-2-4-8-17-10/h9-10H,1-8H2,(H2,13,16). The lowest BCUT2D eigenvalue weighted by Gasteiger charge is -2.37. The van der Waals surface area contributed by atoms with Gasteiger partial charge < -0.3 is 10.6 Å². The first kappa shape index (κ1) is 13.1. The molecule has 0 bridgehead atoms. The summed E-state index contributed by atoms with van der Waals surface area (Å²) in [7, 11) is 0. The maximum absolute atomic E-state index is 12.5. The Kier molecular flexibility index (Phi) is 4.68. The number of piperidine rings is 1. The van der Waals surface area contributed by atoms with Crippen LogP contribution in [0, 0.1) is 0 Å². The van der Waals surface area contributed by atoms with Crippen LogP contribution in [0.2, 0.25) is 0 Å². The number of amides is 1. The molecule has 2 unspecified atom stereocenters. The van der Waals surface area contributed by atoms with Gasteiger partial charge in [-0.05, 0) is 37.9 Å². The van der Waals surface area contributed by atoms with Crippen LogP contribution in [0.25, 0.3) is 0 Å². The number of nitrogens with zero attached hydrogens (tertiary/aromatic N) is 1. The van der Waals surface area contributed by atoms with Crippen LogP contribution in [0.5, 0.6) is 0 Å². The number of rotatable bonds is 2. The van der Waals surface area contributed by atoms with Crippen molar-refractivity contribution in [3.63, 3.8) is 0 Å². The summed E-state index contributed by atoms with van der Waals surface area (Å²) in [6.07, 6.45) is 6.59. The first-order valence-electron chi connectivity index (χ1n) is 6.41. The molecule has 0 aromatic rings. The molecule has 2 heterocycles. The fraction of sp³-hybridized carbons (Fsp3) is 0.833. The summed E-state index contributed by atoms with van der Waals surface area (Å²) in [5, 5.41) is 0.152. The lowest BCUT2D eigenvalue weighted by Crippen LogP contribution is -2.52. The van der Waals surface area contributed by atoms with Crippen molar-refractivity contribution < 1.29 is 4.79 Å². The Bertz CT molecular complexity index is 303. The van der Waals surface area contributed by atoms with Crippen molar-refractivity contribution in [1.29, 1.82) is 0 Å². The number of hydrogen-bond donors (Lipinski definition) is 1. The van der Waals surface area contributed by atoms with Crippen LogP contribution >= 0.6 is 24.0 Å². The minimum Gasteiger partial charge on any atom is -0.392 e. The van der Waals surface area contributed by atoms with Gasteiger partial charge >= 0.3 is 0 Å². The summed E-state index contributed by atoms with van der Waals surface area (Å²) in [6.45, 7) is 0.831. The summed E-state index contributed by atoms with van der Waals surface area (Å²) < 4.78 is 0. The number of hydrogen-bond acceptors (Lipinski definition) is 3. The second-order valence-corrected chi connectivity index (χ2v) is 6.58. The van der Waals surface area contributed by atoms with E-state index in [1.54, 1.807) is 11.8 Å². The summed E-state index contributed by atoms with van der Waals surface area (Å²) in [5.41, 5.74) is 5.76. The predicted octanol–water partition coefficient (Wildman–Crippen LogP) is 1.94. The smallest absolute Gasteiger partial charge is 0.236 e. The Hall–Kier alpha value is -0.290. The second-order valence-electron chi connectivity index (χ2n) is 4.80. The maximum atomic E-state index is 12.5. The monoisotopic (exact) mass is 272 g/mol. The molecule has 0 radical (unpaired) electrons. The lowest BCUT2D eigenvalue weighted by molar-refractivity contribution is -0.132. The van der Waals surface area contributed by atoms with Crippen molar-refractivity contribution in [3.05, 3.63) is 0 Å². The number of thiocarbonyl (C=S) groups is 1. The zero-order valence-corrected chi connectivity index (χ0v) is 11.7. The minimum atomic E-state index is 0.00813. The topological polar surface area (TPSA) is 46.3 Å². The van der Waals surface area contributed by atoms with Gasteiger partial charge in [0.05, 0.1) is 16.3 Å². The van der Waals surface area contributed by atoms with Crippen LogP contribution in [0.4, 0.5) is 0 Å². The molecule has 2 aliphatic rings. The number of nitrogens with two attached hydrogens (primary N) is 1. The van der Waals surface area contributed by atoms with Crippen LogP contribution in [0.15, 0.2) is 0 Å². The van der Waals surface area contributed by atoms with Gasteiger partial charge in [-0.25, -0.2) is 0 Å². The second kappa shape index (κ2) is 6.05. The molecule has 3 nitrogen and oxygen atoms in total. The normalized spacial score (nSPS) is 30.0. The number of thioether (sulfide) groups is 1. The van der Waals surface area contributed by atoms with E-state index in [1.807, 2.05) is 4.90 Å². The molecule has 2 fully saturated rings. The highest BCUT2D eigenvalue weighted by molar-refractivity contribution is 8.00. The summed E-state index contributed by atoms with van der Waals surface area (Å²) in [6, 6.07) is 0.00813. The average molecular weight is 272 g/mol. The van der Waals surface area contributed by atoms with Gasteiger partial charge in [-0.15, -0.1) is 11.8 Å². The third kappa shape index (κ3) is 3.13. The SMILES string of the molecule is NC(=S)C1CCCCN1C(=O)C1CCCCS1. The van der Waals surface area contributed by atoms with Crippen molar-refractivity contribution in [3.8, 4) is 0 Å². The van der Waals surface area contributed by atoms with E-state index in [0.717, 1.165) is 38.0 Å². The Balaban J connectivity index is 2.02. The third-order valence-corrected chi connectivity index (χ3v) is 5.21. The van der Waals surface area contributed by atoms with Gasteiger partial charge in [-0.3, -0.25) is 4.79 Å². The van der Waals surface area contributed by atoms with Gasteiger partial charge in [0.1, 0.15) is 0 Å². The van der Waals surface area contributed by atoms with Gasteiger partial charge in [-0.2, -0.15) is 0 Å². The van der Waals surface area contributed by atoms with Crippen LogP contribution in [-0.4, -0.2) is 39.4 Å². The molecule has 2 aliphatic heterocycles. The fourth-order valence-electron chi connectivity index (χ4n) is 2.61. The van der Waals surface area contributed by atoms with Crippen molar-refractivity contribution in [2.75, 3.05) is 12.3 Å². The highest BCUT2D eigenvalue weighted by Gasteiger charge is 2.33. The van der Waals surface area contributed by atoms with Crippen molar-refractivity contribution >= 4 is 34.9 Å². The summed E-state index contributed by atoms with van der Waals surface area (Å²) in [4.78, 5) is 14.9. The first-order chi connectivity index (χ1) is 8.20. The molecule has 0 saturated carbocycles. The van der Waals surface area contributed by atoms with Gasteiger partial charge in [0.2, 0.25) is 5.91 Å². The predicted molar refractivity (Wildman–Crippen MR) is 76.2 cm³/mol. The minimum absolute atomic E-state index is 0.00813. The highest BCUT2D eigenvalue weighted by Crippen LogP contribution is 2.29. The maximum Gasteiger partial charge on any atom is 0.236 e. The quantitative estimate of drug-likeness (QED) is 0.780. The highest BCUT2D eigenvalue weighted by atomic mass is 32.2. The zero-order chi connectivity index (χ0) is 12.3. The van der Waals surface area contributed by atoms with Crippen LogP contribution in [0.3, 0.4) is 0 Å². The molecule has 0 aromatic heterocycles. The van der Waals surface area contributed by atoms with Crippen LogP contribution < -0.4 is 5.73 Å². The molecule has 2 saturated heterocycles. The average Bonchev–Trinajstić information content (AvgIpc) is 2.39. The Morgan fingerprint density at radius 3 is 2.65 bits per heavy atom. The number of carbonyl (C=O) groups excluding carboxylic acids is 1. The molecule has 96 valence electrons. The first-order valence-corrected chi connectivity index (χ1v) is 7.87. The Morgan fingerprint density at radius 2 is 2.00 bits per heavy atom. The van der Waals surface area contributed by atoms with Gasteiger partial charge in [0, 0.05) is 6.54 Å². The van der Waals surface area contributed by atoms with E-state index in [9.17, 15) is 4.79 Å². The summed E-state index contributed by atoms with van der Waals surface area (Å²) >= 11 is 6.89. The number of carbonyl (C=O) groups is 1. The fourth-order valence-corrected chi connectivity index (χ4v) is 4.12. The van der Waals surface area contributed by atoms with E-state index in [4.69, 9.17) is 18.0 Å². The van der Waals surface area contributed by atoms with E-state index in [1.165, 1.54) is 12.8 Å². The lowest BCUT2D eigenvalue weighted by atomic mass is 10.0. The molecule has 2 N–H and O–H groups in total. The molecular weight excluding hydrogens is 252 g/mol. The molecule has 2 atom stereocenters. The largest absolute Gasteiger partial charge is 0.392 e. The van der Waals surface area contributed by atoms with E-state index in [-0.39, 0.29) is 17.2 Å². The van der Waals surface area contributed by atoms with Gasteiger partial charge in [0.15, 0.2) is 0 Å². The van der Waals surface area contributed by atoms with Crippen LogP contribution in [0.1, 0.15) is 38.5 Å². The van der Waals surface area contributed by atoms with E-state index >= 15 is 0 Å². The Morgan fingerprint density at radius 1 is 1.24 bits per heavy atom. The number of likely N-dealkylation sites (tertiary alicyclic amines) is 1. The zero-order valence-electron chi connectivity index (χ0n) is 10.1.